The molecule has 1 aliphatic heterocycles. The molecule has 0 saturated carbocycles. The van der Waals surface area contributed by atoms with Crippen LogP contribution in [0.2, 0.25) is 0 Å². The standard InChI is InChI=1S/C18H17FN4O3/c19-13-3-4-16-20-14(12-23(16)11-13)10-17(24)21-5-7-22(8-6-21)18(25)15-2-1-9-26-15/h1-4,9,11-12H,5-8,10H2. The minimum Gasteiger partial charge on any atom is -0.459 e. The Morgan fingerprint density at radius 3 is 2.58 bits per heavy atom. The zero-order valence-electron chi connectivity index (χ0n) is 14.0. The number of hydrogen-bond donors (Lipinski definition) is 0. The van der Waals surface area contributed by atoms with Gasteiger partial charge in [0.2, 0.25) is 5.91 Å². The van der Waals surface area contributed by atoms with Gasteiger partial charge >= 0.3 is 0 Å². The largest absolute Gasteiger partial charge is 0.459 e. The average Bonchev–Trinajstić information content (AvgIpc) is 3.30. The summed E-state index contributed by atoms with van der Waals surface area (Å²) in [6, 6.07) is 6.21. The van der Waals surface area contributed by atoms with Gasteiger partial charge in [-0.15, -0.1) is 0 Å². The Kier molecular flexibility index (Phi) is 4.16. The monoisotopic (exact) mass is 356 g/mol. The third kappa shape index (κ3) is 3.17. The summed E-state index contributed by atoms with van der Waals surface area (Å²) in [5.74, 6) is -0.268. The minimum atomic E-state index is -0.356. The fourth-order valence-electron chi connectivity index (χ4n) is 3.08. The van der Waals surface area contributed by atoms with Gasteiger partial charge in [0.05, 0.1) is 18.4 Å². The molecular formula is C18H17FN4O3. The highest BCUT2D eigenvalue weighted by Crippen LogP contribution is 2.12. The fraction of sp³-hybridized carbons (Fsp3) is 0.278. The van der Waals surface area contributed by atoms with Crippen LogP contribution in [0.3, 0.4) is 0 Å². The van der Waals surface area contributed by atoms with Crippen LogP contribution in [0.5, 0.6) is 0 Å². The van der Waals surface area contributed by atoms with Crippen LogP contribution >= 0.6 is 0 Å². The van der Waals surface area contributed by atoms with Crippen LogP contribution in [0.15, 0.2) is 47.3 Å². The molecule has 4 rings (SSSR count). The Morgan fingerprint density at radius 2 is 1.85 bits per heavy atom. The Hall–Kier alpha value is -3.16. The molecule has 0 N–H and O–H groups in total. The van der Waals surface area contributed by atoms with Gasteiger partial charge in [0.25, 0.3) is 5.91 Å². The summed E-state index contributed by atoms with van der Waals surface area (Å²) in [6.45, 7) is 1.85. The number of furan rings is 1. The number of pyridine rings is 1. The van der Waals surface area contributed by atoms with E-state index in [1.807, 2.05) is 0 Å². The molecule has 3 aromatic rings. The highest BCUT2D eigenvalue weighted by atomic mass is 19.1. The van der Waals surface area contributed by atoms with Gasteiger partial charge in [-0.1, -0.05) is 0 Å². The van der Waals surface area contributed by atoms with Gasteiger partial charge in [-0.3, -0.25) is 9.59 Å². The SMILES string of the molecule is O=C(Cc1cn2cc(F)ccc2n1)N1CCN(C(=O)c2ccco2)CC1. The molecule has 4 heterocycles. The summed E-state index contributed by atoms with van der Waals surface area (Å²) >= 11 is 0. The van der Waals surface area contributed by atoms with E-state index in [0.29, 0.717) is 43.3 Å². The number of rotatable bonds is 3. The Balaban J connectivity index is 1.36. The van der Waals surface area contributed by atoms with Gasteiger partial charge in [0, 0.05) is 38.6 Å². The zero-order chi connectivity index (χ0) is 18.1. The molecular weight excluding hydrogens is 339 g/mol. The number of aromatic nitrogens is 2. The zero-order valence-corrected chi connectivity index (χ0v) is 14.0. The van der Waals surface area contributed by atoms with Crippen molar-refractivity contribution in [1.29, 1.82) is 0 Å². The van der Waals surface area contributed by atoms with E-state index in [9.17, 15) is 14.0 Å². The number of halogens is 1. The normalized spacial score (nSPS) is 14.8. The number of hydrogen-bond acceptors (Lipinski definition) is 4. The van der Waals surface area contributed by atoms with Crippen molar-refractivity contribution in [3.8, 4) is 0 Å². The quantitative estimate of drug-likeness (QED) is 0.715. The molecule has 1 aliphatic rings. The number of carbonyl (C=O) groups is 2. The molecule has 7 nitrogen and oxygen atoms in total. The summed E-state index contributed by atoms with van der Waals surface area (Å²) < 4.78 is 19.9. The molecule has 26 heavy (non-hydrogen) atoms. The van der Waals surface area contributed by atoms with Crippen molar-refractivity contribution in [2.24, 2.45) is 0 Å². The van der Waals surface area contributed by atoms with Crippen molar-refractivity contribution in [2.45, 2.75) is 6.42 Å². The maximum atomic E-state index is 13.2. The van der Waals surface area contributed by atoms with E-state index in [1.165, 1.54) is 18.5 Å². The molecule has 0 bridgehead atoms. The summed E-state index contributed by atoms with van der Waals surface area (Å²) in [7, 11) is 0. The summed E-state index contributed by atoms with van der Waals surface area (Å²) in [4.78, 5) is 32.5. The van der Waals surface area contributed by atoms with E-state index in [-0.39, 0.29) is 24.1 Å². The van der Waals surface area contributed by atoms with E-state index in [2.05, 4.69) is 4.98 Å². The summed E-state index contributed by atoms with van der Waals surface area (Å²) in [6.07, 6.45) is 4.60. The molecule has 0 aliphatic carbocycles. The second-order valence-corrected chi connectivity index (χ2v) is 6.17. The topological polar surface area (TPSA) is 71.1 Å². The lowest BCUT2D eigenvalue weighted by Gasteiger charge is -2.34. The lowest BCUT2D eigenvalue weighted by Crippen LogP contribution is -2.50. The second-order valence-electron chi connectivity index (χ2n) is 6.17. The number of fused-ring (bicyclic) bond motifs is 1. The minimum absolute atomic E-state index is 0.0565. The first-order valence-electron chi connectivity index (χ1n) is 8.34. The van der Waals surface area contributed by atoms with E-state index < -0.39 is 0 Å². The van der Waals surface area contributed by atoms with Gasteiger partial charge in [0.15, 0.2) is 5.76 Å². The van der Waals surface area contributed by atoms with Gasteiger partial charge in [-0.05, 0) is 24.3 Å². The molecule has 1 saturated heterocycles. The van der Waals surface area contributed by atoms with Crippen LogP contribution in [0, 0.1) is 5.82 Å². The molecule has 0 aromatic carbocycles. The van der Waals surface area contributed by atoms with Crippen LogP contribution in [0.1, 0.15) is 16.2 Å². The first-order chi connectivity index (χ1) is 12.6. The van der Waals surface area contributed by atoms with E-state index in [0.717, 1.165) is 0 Å². The van der Waals surface area contributed by atoms with Crippen molar-refractivity contribution in [1.82, 2.24) is 19.2 Å². The van der Waals surface area contributed by atoms with Crippen molar-refractivity contribution in [3.05, 3.63) is 60.2 Å². The smallest absolute Gasteiger partial charge is 0.289 e. The molecule has 0 spiro atoms. The van der Waals surface area contributed by atoms with Crippen LogP contribution < -0.4 is 0 Å². The molecule has 2 amide bonds. The van der Waals surface area contributed by atoms with Crippen molar-refractivity contribution in [3.63, 3.8) is 0 Å². The molecule has 0 atom stereocenters. The lowest BCUT2D eigenvalue weighted by molar-refractivity contribution is -0.132. The molecule has 0 unspecified atom stereocenters. The number of nitrogens with zero attached hydrogens (tertiary/aromatic N) is 4. The first kappa shape index (κ1) is 16.3. The Bertz CT molecular complexity index is 943. The van der Waals surface area contributed by atoms with Crippen LogP contribution in [-0.2, 0) is 11.2 Å². The Morgan fingerprint density at radius 1 is 1.08 bits per heavy atom. The average molecular weight is 356 g/mol. The van der Waals surface area contributed by atoms with Gasteiger partial charge in [-0.2, -0.15) is 0 Å². The molecule has 0 radical (unpaired) electrons. The molecule has 8 heteroatoms. The second kappa shape index (κ2) is 6.62. The predicted octanol–water partition coefficient (Wildman–Crippen LogP) is 1.59. The van der Waals surface area contributed by atoms with Gasteiger partial charge in [0.1, 0.15) is 11.5 Å². The number of piperazine rings is 1. The summed E-state index contributed by atoms with van der Waals surface area (Å²) in [5, 5.41) is 0. The third-order valence-electron chi connectivity index (χ3n) is 4.45. The van der Waals surface area contributed by atoms with Crippen molar-refractivity contribution < 1.29 is 18.4 Å². The highest BCUT2D eigenvalue weighted by Gasteiger charge is 2.26. The molecule has 134 valence electrons. The number of amides is 2. The van der Waals surface area contributed by atoms with E-state index in [1.54, 1.807) is 38.6 Å². The van der Waals surface area contributed by atoms with E-state index in [4.69, 9.17) is 4.42 Å². The maximum absolute atomic E-state index is 13.2. The lowest BCUT2D eigenvalue weighted by atomic mass is 10.2. The summed E-state index contributed by atoms with van der Waals surface area (Å²) in [5.41, 5.74) is 1.19. The van der Waals surface area contributed by atoms with Crippen molar-refractivity contribution >= 4 is 17.5 Å². The maximum Gasteiger partial charge on any atom is 0.289 e. The molecule has 3 aromatic heterocycles. The van der Waals surface area contributed by atoms with E-state index >= 15 is 0 Å². The van der Waals surface area contributed by atoms with Gasteiger partial charge < -0.3 is 18.6 Å². The predicted molar refractivity (Wildman–Crippen MR) is 90.0 cm³/mol. The van der Waals surface area contributed by atoms with Crippen LogP contribution in [-0.4, -0.2) is 57.2 Å². The van der Waals surface area contributed by atoms with Crippen molar-refractivity contribution in [2.75, 3.05) is 26.2 Å². The van der Waals surface area contributed by atoms with Gasteiger partial charge in [-0.25, -0.2) is 9.37 Å². The number of carbonyl (C=O) groups excluding carboxylic acids is 2. The van der Waals surface area contributed by atoms with Crippen LogP contribution in [0.4, 0.5) is 4.39 Å². The first-order valence-corrected chi connectivity index (χ1v) is 8.34. The Labute approximate surface area is 148 Å². The fourth-order valence-corrected chi connectivity index (χ4v) is 3.08. The number of imidazole rings is 1. The van der Waals surface area contributed by atoms with Crippen LogP contribution in [0.25, 0.3) is 5.65 Å². The highest BCUT2D eigenvalue weighted by molar-refractivity contribution is 5.91. The molecule has 1 fully saturated rings. The third-order valence-corrected chi connectivity index (χ3v) is 4.45.